The molecule has 128 valence electrons. The zero-order valence-electron chi connectivity index (χ0n) is 14.3. The Morgan fingerprint density at radius 1 is 0.458 bits per heavy atom. The Morgan fingerprint density at radius 2 is 0.792 bits per heavy atom. The van der Waals surface area contributed by atoms with E-state index in [1.807, 2.05) is 0 Å². The number of rotatable bonds is 0. The summed E-state index contributed by atoms with van der Waals surface area (Å²) in [6, 6.07) is 0. The Hall–Kier alpha value is -0.0800. The number of hydrogen-bond donors (Lipinski definition) is 2. The molecule has 0 amide bonds. The van der Waals surface area contributed by atoms with E-state index in [1.54, 1.807) is 0 Å². The van der Waals surface area contributed by atoms with Crippen LogP contribution in [0.3, 0.4) is 0 Å². The first-order valence-corrected chi connectivity index (χ1v) is 10.9. The molecule has 0 aromatic rings. The van der Waals surface area contributed by atoms with Crippen molar-refractivity contribution in [2.45, 2.75) is 62.6 Å². The van der Waals surface area contributed by atoms with Crippen LogP contribution < -0.4 is 0 Å². The Labute approximate surface area is 143 Å². The van der Waals surface area contributed by atoms with Gasteiger partial charge >= 0.3 is 0 Å². The van der Waals surface area contributed by atoms with E-state index in [9.17, 15) is 10.2 Å². The first-order valence-electron chi connectivity index (χ1n) is 10.9. The molecule has 13 aliphatic rings. The van der Waals surface area contributed by atoms with Crippen molar-refractivity contribution in [3.63, 3.8) is 0 Å². The highest BCUT2D eigenvalue weighted by Gasteiger charge is 2.89. The summed E-state index contributed by atoms with van der Waals surface area (Å²) in [6.45, 7) is 0. The third kappa shape index (κ3) is 0.855. The normalized spacial score (nSPS) is 85.2. The summed E-state index contributed by atoms with van der Waals surface area (Å²) < 4.78 is 0. The first-order chi connectivity index (χ1) is 11.5. The predicted octanol–water partition coefficient (Wildman–Crippen LogP) is 2.83. The molecule has 0 aromatic heterocycles. The van der Waals surface area contributed by atoms with Gasteiger partial charge in [0, 0.05) is 0 Å². The van der Waals surface area contributed by atoms with Crippen LogP contribution in [0.5, 0.6) is 0 Å². The Kier molecular flexibility index (Phi) is 1.48. The molecule has 2 spiro atoms. The summed E-state index contributed by atoms with van der Waals surface area (Å²) in [6.07, 6.45) is 9.87. The van der Waals surface area contributed by atoms with Crippen molar-refractivity contribution in [3.05, 3.63) is 0 Å². The van der Waals surface area contributed by atoms with Crippen molar-refractivity contribution in [2.24, 2.45) is 70.0 Å². The monoisotopic (exact) mass is 324 g/mol. The quantitative estimate of drug-likeness (QED) is 0.719. The Morgan fingerprint density at radius 3 is 1.12 bits per heavy atom. The number of hydrogen-bond acceptors (Lipinski definition) is 2. The highest BCUT2D eigenvalue weighted by molar-refractivity contribution is 5.37. The second kappa shape index (κ2) is 2.87. The van der Waals surface area contributed by atoms with Gasteiger partial charge in [-0.15, -0.1) is 0 Å². The van der Waals surface area contributed by atoms with Crippen LogP contribution in [0.2, 0.25) is 0 Å². The van der Waals surface area contributed by atoms with Crippen LogP contribution in [0.1, 0.15) is 51.4 Å². The summed E-state index contributed by atoms with van der Waals surface area (Å²) in [7, 11) is 0. The highest BCUT2D eigenvalue weighted by atomic mass is 16.3. The van der Waals surface area contributed by atoms with E-state index in [0.717, 1.165) is 84.9 Å². The molecule has 13 aliphatic carbocycles. The average Bonchev–Trinajstić information content (AvgIpc) is 2.50. The van der Waals surface area contributed by atoms with Crippen molar-refractivity contribution in [3.8, 4) is 0 Å². The predicted molar refractivity (Wildman–Crippen MR) is 86.6 cm³/mol. The summed E-state index contributed by atoms with van der Waals surface area (Å²) >= 11 is 0. The van der Waals surface area contributed by atoms with Crippen molar-refractivity contribution < 1.29 is 10.2 Å². The molecule has 0 aromatic carbocycles. The molecule has 13 fully saturated rings. The molecule has 14 bridgehead atoms. The van der Waals surface area contributed by atoms with Crippen molar-refractivity contribution in [2.75, 3.05) is 0 Å². The lowest BCUT2D eigenvalue weighted by Gasteiger charge is -2.92. The van der Waals surface area contributed by atoms with Gasteiger partial charge in [0.05, 0.1) is 11.2 Å². The van der Waals surface area contributed by atoms with Crippen LogP contribution >= 0.6 is 0 Å². The molecule has 2 nitrogen and oxygen atoms in total. The molecule has 24 heavy (non-hydrogen) atoms. The first kappa shape index (κ1) is 12.3. The molecule has 0 heterocycles. The van der Waals surface area contributed by atoms with Gasteiger partial charge in [0.15, 0.2) is 0 Å². The fourth-order valence-electron chi connectivity index (χ4n) is 13.5. The van der Waals surface area contributed by atoms with E-state index in [1.165, 1.54) is 25.7 Å². The molecule has 12 unspecified atom stereocenters. The number of aliphatic hydroxyl groups is 2. The highest BCUT2D eigenvalue weighted by Crippen LogP contribution is 2.93. The van der Waals surface area contributed by atoms with Gasteiger partial charge in [-0.25, -0.2) is 0 Å². The van der Waals surface area contributed by atoms with Gasteiger partial charge in [-0.2, -0.15) is 0 Å². The summed E-state index contributed by atoms with van der Waals surface area (Å²) in [4.78, 5) is 0. The molecular formula is C22H28O2. The molecule has 0 radical (unpaired) electrons. The standard InChI is InChI=1S/C22H28O2/c23-19-1-11-9-5-22-8-20(24)3-13-10-6-21(7-19,15(11)16(13)22)17(12(9)2-19)18(22)14(10)4-20/h9-18,23-24H,1-8H2/t9?,10?,11-,12?,13?,14+,15?,16?,17?,18?,19?,20?,21?,22?. The second-order valence-electron chi connectivity index (χ2n) is 12.6. The lowest BCUT2D eigenvalue weighted by atomic mass is 9.13. The van der Waals surface area contributed by atoms with E-state index in [0.29, 0.717) is 10.8 Å². The fraction of sp³-hybridized carbons (Fsp3) is 1.00. The molecule has 13 rings (SSSR count). The van der Waals surface area contributed by atoms with Gasteiger partial charge in [-0.05, 0) is 121 Å². The summed E-state index contributed by atoms with van der Waals surface area (Å²) in [5.41, 5.74) is 0.566. The van der Waals surface area contributed by atoms with Gasteiger partial charge < -0.3 is 10.2 Å². The van der Waals surface area contributed by atoms with E-state index in [2.05, 4.69) is 0 Å². The maximum Gasteiger partial charge on any atom is 0.0659 e. The van der Waals surface area contributed by atoms with Crippen molar-refractivity contribution >= 4 is 0 Å². The molecule has 2 heteroatoms. The van der Waals surface area contributed by atoms with Gasteiger partial charge in [0.1, 0.15) is 0 Å². The summed E-state index contributed by atoms with van der Waals surface area (Å²) in [5, 5.41) is 22.8. The van der Waals surface area contributed by atoms with E-state index < -0.39 is 0 Å². The summed E-state index contributed by atoms with van der Waals surface area (Å²) in [5.74, 6) is 9.14. The molecule has 13 saturated carbocycles. The minimum absolute atomic E-state index is 0.273. The smallest absolute Gasteiger partial charge is 0.0659 e. The maximum atomic E-state index is 11.4. The van der Waals surface area contributed by atoms with Crippen LogP contribution in [0.4, 0.5) is 0 Å². The largest absolute Gasteiger partial charge is 0.390 e. The SMILES string of the molecule is OC12CC3C4CC56CC7(O)CC8C9CC(C1)(C3C5[C@H]9C7)C(C86)[C@@H]4C2. The Balaban J connectivity index is 1.40. The Bertz CT molecular complexity index is 638. The van der Waals surface area contributed by atoms with Crippen LogP contribution in [0.25, 0.3) is 0 Å². The molecular weight excluding hydrogens is 296 g/mol. The van der Waals surface area contributed by atoms with E-state index >= 15 is 0 Å². The average molecular weight is 324 g/mol. The lowest BCUT2D eigenvalue weighted by molar-refractivity contribution is -0.455. The minimum Gasteiger partial charge on any atom is -0.390 e. The zero-order chi connectivity index (χ0) is 15.4. The fourth-order valence-corrected chi connectivity index (χ4v) is 13.5. The molecule has 14 atom stereocenters. The van der Waals surface area contributed by atoms with Crippen LogP contribution in [0, 0.1) is 70.0 Å². The second-order valence-corrected chi connectivity index (χ2v) is 12.6. The molecule has 0 saturated heterocycles. The molecule has 0 aliphatic heterocycles. The van der Waals surface area contributed by atoms with Crippen molar-refractivity contribution in [1.82, 2.24) is 0 Å². The van der Waals surface area contributed by atoms with E-state index in [4.69, 9.17) is 0 Å². The third-order valence-electron chi connectivity index (χ3n) is 12.5. The van der Waals surface area contributed by atoms with Gasteiger partial charge in [0.2, 0.25) is 0 Å². The lowest BCUT2D eigenvalue weighted by Crippen LogP contribution is -2.88. The van der Waals surface area contributed by atoms with Crippen LogP contribution in [0.15, 0.2) is 0 Å². The van der Waals surface area contributed by atoms with E-state index in [-0.39, 0.29) is 11.2 Å². The maximum absolute atomic E-state index is 11.4. The zero-order valence-corrected chi connectivity index (χ0v) is 14.3. The topological polar surface area (TPSA) is 40.5 Å². The van der Waals surface area contributed by atoms with Crippen LogP contribution in [-0.4, -0.2) is 21.4 Å². The third-order valence-corrected chi connectivity index (χ3v) is 12.5. The van der Waals surface area contributed by atoms with Gasteiger partial charge in [0.25, 0.3) is 0 Å². The molecule has 2 N–H and O–H groups in total. The van der Waals surface area contributed by atoms with Crippen LogP contribution in [-0.2, 0) is 0 Å². The van der Waals surface area contributed by atoms with Gasteiger partial charge in [-0.1, -0.05) is 0 Å². The van der Waals surface area contributed by atoms with Crippen molar-refractivity contribution in [1.29, 1.82) is 0 Å². The van der Waals surface area contributed by atoms with Gasteiger partial charge in [-0.3, -0.25) is 0 Å². The minimum atomic E-state index is -0.273.